The van der Waals surface area contributed by atoms with Crippen LogP contribution >= 0.6 is 0 Å². The lowest BCUT2D eigenvalue weighted by atomic mass is 10.2. The smallest absolute Gasteiger partial charge is 0.272 e. The second-order valence-electron chi connectivity index (χ2n) is 6.82. The summed E-state index contributed by atoms with van der Waals surface area (Å²) < 4.78 is 44.9. The van der Waals surface area contributed by atoms with Gasteiger partial charge in [0.05, 0.1) is 20.2 Å². The highest BCUT2D eigenvalue weighted by molar-refractivity contribution is 7.95. The summed E-state index contributed by atoms with van der Waals surface area (Å²) in [6, 6.07) is 19.7. The van der Waals surface area contributed by atoms with Gasteiger partial charge in [0.25, 0.3) is 5.88 Å². The number of fused-ring (bicyclic) bond motifs is 1. The van der Waals surface area contributed by atoms with Crippen molar-refractivity contribution in [2.45, 2.75) is 17.5 Å². The van der Waals surface area contributed by atoms with Gasteiger partial charge >= 0.3 is 0 Å². The fraction of sp³-hybridized carbons (Fsp3) is 0.227. The molecule has 0 radical (unpaired) electrons. The van der Waals surface area contributed by atoms with Crippen molar-refractivity contribution in [3.05, 3.63) is 78.5 Å². The summed E-state index contributed by atoms with van der Waals surface area (Å²) in [5, 5.41) is 0. The van der Waals surface area contributed by atoms with E-state index in [1.807, 2.05) is 30.3 Å². The second kappa shape index (κ2) is 8.83. The zero-order valence-corrected chi connectivity index (χ0v) is 17.3. The molecule has 0 fully saturated rings. The van der Waals surface area contributed by atoms with Crippen LogP contribution in [-0.2, 0) is 21.2 Å². The van der Waals surface area contributed by atoms with Crippen LogP contribution in [0.1, 0.15) is 5.56 Å². The molecule has 0 aliphatic carbocycles. The number of hydrogen-bond acceptors (Lipinski definition) is 6. The summed E-state index contributed by atoms with van der Waals surface area (Å²) in [6.07, 6.45) is 0.990. The summed E-state index contributed by atoms with van der Waals surface area (Å²) in [6.45, 7) is 0.548. The highest BCUT2D eigenvalue weighted by Crippen LogP contribution is 2.33. The lowest BCUT2D eigenvalue weighted by Gasteiger charge is -2.26. The fourth-order valence-corrected chi connectivity index (χ4v) is 4.74. The number of ether oxygens (including phenoxy) is 3. The third-order valence-corrected chi connectivity index (χ3v) is 6.56. The Bertz CT molecular complexity index is 1030. The lowest BCUT2D eigenvalue weighted by molar-refractivity contribution is 0.105. The van der Waals surface area contributed by atoms with Gasteiger partial charge in [-0.05, 0) is 35.9 Å². The molecule has 2 unspecified atom stereocenters. The molecular weight excluding hydrogens is 404 g/mol. The Labute approximate surface area is 176 Å². The van der Waals surface area contributed by atoms with Gasteiger partial charge in [-0.3, -0.25) is 0 Å². The molecule has 0 saturated carbocycles. The van der Waals surface area contributed by atoms with Crippen LogP contribution in [0.25, 0.3) is 0 Å². The van der Waals surface area contributed by atoms with E-state index in [-0.39, 0.29) is 30.5 Å². The minimum atomic E-state index is -3.77. The summed E-state index contributed by atoms with van der Waals surface area (Å²) in [7, 11) is -2.17. The highest BCUT2D eigenvalue weighted by Gasteiger charge is 2.40. The highest BCUT2D eigenvalue weighted by atomic mass is 32.3. The van der Waals surface area contributed by atoms with Gasteiger partial charge < -0.3 is 18.8 Å². The largest absolute Gasteiger partial charge is 0.593 e. The molecule has 156 valence electrons. The lowest BCUT2D eigenvalue weighted by Crippen LogP contribution is -2.42. The van der Waals surface area contributed by atoms with Crippen molar-refractivity contribution < 1.29 is 23.0 Å². The molecule has 0 amide bonds. The molecule has 2 heterocycles. The number of aromatic nitrogens is 1. The summed E-state index contributed by atoms with van der Waals surface area (Å²) >= 11 is 0. The van der Waals surface area contributed by atoms with Crippen molar-refractivity contribution in [3.8, 4) is 17.4 Å². The van der Waals surface area contributed by atoms with E-state index >= 15 is 0 Å². The first-order valence-electron chi connectivity index (χ1n) is 9.49. The number of rotatable bonds is 6. The van der Waals surface area contributed by atoms with Crippen molar-refractivity contribution in [2.75, 3.05) is 20.3 Å². The number of benzene rings is 2. The van der Waals surface area contributed by atoms with Gasteiger partial charge in [-0.15, -0.1) is 4.31 Å². The fourth-order valence-electron chi connectivity index (χ4n) is 3.20. The van der Waals surface area contributed by atoms with E-state index in [2.05, 4.69) is 4.98 Å². The molecule has 1 aliphatic heterocycles. The number of pyridine rings is 1. The average molecular weight is 426 g/mol. The molecule has 2 atom stereocenters. The van der Waals surface area contributed by atoms with Crippen LogP contribution in [0.3, 0.4) is 0 Å². The van der Waals surface area contributed by atoms with Crippen LogP contribution in [-0.4, -0.2) is 40.2 Å². The van der Waals surface area contributed by atoms with E-state index in [1.54, 1.807) is 37.4 Å². The van der Waals surface area contributed by atoms with Crippen LogP contribution < -0.4 is 14.2 Å². The van der Waals surface area contributed by atoms with Crippen molar-refractivity contribution in [2.24, 2.45) is 0 Å². The standard InChI is InChI=1S/C22H22N2O5S/c1-27-18-9-11-19(12-10-18)28-16-20-15-24(14-17-6-3-2-4-7-17)30(25,26)21-8-5-13-23-22(21)29-20/h2-13,20H,14-16H2,1H3. The normalized spacial score (nSPS) is 21.2. The molecule has 30 heavy (non-hydrogen) atoms. The SMILES string of the molecule is COc1ccc(OCC2CN(Cc3ccccc3)[S+](=O)([O-])c3cccnc3O2)cc1. The molecule has 1 aliphatic rings. The van der Waals surface area contributed by atoms with E-state index in [4.69, 9.17) is 14.2 Å². The minimum Gasteiger partial charge on any atom is -0.593 e. The zero-order valence-electron chi connectivity index (χ0n) is 16.5. The van der Waals surface area contributed by atoms with Gasteiger partial charge in [0.15, 0.2) is 16.5 Å². The van der Waals surface area contributed by atoms with Gasteiger partial charge in [0, 0.05) is 12.3 Å². The Morgan fingerprint density at radius 3 is 2.57 bits per heavy atom. The quantitative estimate of drug-likeness (QED) is 0.562. The summed E-state index contributed by atoms with van der Waals surface area (Å²) in [5.74, 6) is 1.46. The third kappa shape index (κ3) is 4.46. The maximum absolute atomic E-state index is 13.3. The summed E-state index contributed by atoms with van der Waals surface area (Å²) in [5.41, 5.74) is 0.892. The molecule has 7 nitrogen and oxygen atoms in total. The van der Waals surface area contributed by atoms with Gasteiger partial charge in [-0.1, -0.05) is 34.5 Å². The number of hydrogen-bond donors (Lipinski definition) is 0. The predicted octanol–water partition coefficient (Wildman–Crippen LogP) is 3.34. The molecule has 0 spiro atoms. The van der Waals surface area contributed by atoms with E-state index in [1.165, 1.54) is 16.6 Å². The van der Waals surface area contributed by atoms with Gasteiger partial charge in [-0.25, -0.2) is 4.98 Å². The molecule has 0 bridgehead atoms. The molecule has 4 rings (SSSR count). The van der Waals surface area contributed by atoms with Crippen molar-refractivity contribution in [1.82, 2.24) is 9.29 Å². The van der Waals surface area contributed by atoms with Crippen LogP contribution in [0.2, 0.25) is 0 Å². The van der Waals surface area contributed by atoms with Crippen molar-refractivity contribution in [3.63, 3.8) is 0 Å². The van der Waals surface area contributed by atoms with Gasteiger partial charge in [0.1, 0.15) is 18.1 Å². The van der Waals surface area contributed by atoms with Gasteiger partial charge in [-0.2, -0.15) is 0 Å². The van der Waals surface area contributed by atoms with E-state index in [0.29, 0.717) is 5.75 Å². The molecule has 8 heteroatoms. The molecule has 3 aromatic rings. The van der Waals surface area contributed by atoms with Crippen molar-refractivity contribution >= 4 is 10.4 Å². The van der Waals surface area contributed by atoms with Crippen molar-refractivity contribution in [1.29, 1.82) is 0 Å². The summed E-state index contributed by atoms with van der Waals surface area (Å²) in [4.78, 5) is 4.21. The maximum Gasteiger partial charge on any atom is 0.272 e. The molecule has 2 aromatic carbocycles. The van der Waals surface area contributed by atoms with Crippen LogP contribution in [0.4, 0.5) is 0 Å². The number of methoxy groups -OCH3 is 1. The second-order valence-corrected chi connectivity index (χ2v) is 8.72. The van der Waals surface area contributed by atoms with E-state index in [0.717, 1.165) is 11.3 Å². The molecule has 0 N–H and O–H groups in total. The predicted molar refractivity (Wildman–Crippen MR) is 111 cm³/mol. The first kappa shape index (κ1) is 20.3. The number of sulfonamides is 1. The van der Waals surface area contributed by atoms with E-state index in [9.17, 15) is 8.76 Å². The van der Waals surface area contributed by atoms with Crippen LogP contribution in [0.15, 0.2) is 77.8 Å². The Morgan fingerprint density at radius 2 is 1.83 bits per heavy atom. The number of nitrogens with zero attached hydrogens (tertiary/aromatic N) is 2. The van der Waals surface area contributed by atoms with E-state index < -0.39 is 16.5 Å². The monoisotopic (exact) mass is 426 g/mol. The Hall–Kier alpha value is -2.94. The topological polar surface area (TPSA) is 84.0 Å². The average Bonchev–Trinajstić information content (AvgIpc) is 2.88. The molecule has 1 aromatic heterocycles. The Balaban J connectivity index is 1.57. The van der Waals surface area contributed by atoms with Crippen LogP contribution in [0, 0.1) is 0 Å². The Kier molecular flexibility index (Phi) is 5.98. The first-order valence-corrected chi connectivity index (χ1v) is 10.9. The third-order valence-electron chi connectivity index (χ3n) is 4.74. The Morgan fingerprint density at radius 1 is 1.10 bits per heavy atom. The maximum atomic E-state index is 13.3. The minimum absolute atomic E-state index is 0.0629. The molecule has 0 saturated heterocycles. The van der Waals surface area contributed by atoms with Crippen LogP contribution in [0.5, 0.6) is 17.4 Å². The molecular formula is C22H22N2O5S. The first-order chi connectivity index (χ1) is 14.6. The van der Waals surface area contributed by atoms with Gasteiger partial charge in [0.2, 0.25) is 4.90 Å². The zero-order chi connectivity index (χ0) is 21.0.